The summed E-state index contributed by atoms with van der Waals surface area (Å²) in [5, 5.41) is 0. The number of carbonyl (C=O) groups excluding carboxylic acids is 1. The van der Waals surface area contributed by atoms with Crippen molar-refractivity contribution in [1.82, 2.24) is 19.8 Å². The summed E-state index contributed by atoms with van der Waals surface area (Å²) in [7, 11) is 7.83. The molecule has 1 aliphatic rings. The van der Waals surface area contributed by atoms with Gasteiger partial charge in [0.1, 0.15) is 5.82 Å². The molecule has 1 aromatic carbocycles. The predicted molar refractivity (Wildman–Crippen MR) is 99.5 cm³/mol. The minimum absolute atomic E-state index is 0.141. The normalized spacial score (nSPS) is 13.7. The van der Waals surface area contributed by atoms with Crippen LogP contribution in [0.25, 0.3) is 11.4 Å². The topological polar surface area (TPSA) is 52.6 Å². The van der Waals surface area contributed by atoms with E-state index in [0.717, 1.165) is 29.1 Å². The molecule has 1 amide bonds. The lowest BCUT2D eigenvalue weighted by Crippen LogP contribution is -2.41. The van der Waals surface area contributed by atoms with E-state index in [1.807, 2.05) is 73.2 Å². The fourth-order valence-corrected chi connectivity index (χ4v) is 3.08. The van der Waals surface area contributed by atoms with Gasteiger partial charge in [-0.15, -0.1) is 0 Å². The number of aromatic nitrogens is 2. The molecule has 0 atom stereocenters. The molecule has 0 aliphatic carbocycles. The van der Waals surface area contributed by atoms with Crippen molar-refractivity contribution in [2.45, 2.75) is 13.0 Å². The average Bonchev–Trinajstić information content (AvgIpc) is 2.60. The molecule has 2 aromatic rings. The number of fused-ring (bicyclic) bond motifs is 1. The molecule has 0 saturated heterocycles. The molecule has 0 fully saturated rings. The van der Waals surface area contributed by atoms with Gasteiger partial charge in [0.15, 0.2) is 5.82 Å². The molecular formula is C19H25N5O. The van der Waals surface area contributed by atoms with Gasteiger partial charge in [0, 0.05) is 31.8 Å². The molecular weight excluding hydrogens is 314 g/mol. The van der Waals surface area contributed by atoms with Crippen LogP contribution in [0.5, 0.6) is 0 Å². The lowest BCUT2D eigenvalue weighted by molar-refractivity contribution is -0.132. The van der Waals surface area contributed by atoms with Crippen molar-refractivity contribution in [2.24, 2.45) is 0 Å². The first-order valence-corrected chi connectivity index (χ1v) is 8.50. The van der Waals surface area contributed by atoms with Gasteiger partial charge in [-0.1, -0.05) is 30.3 Å². The third-order valence-corrected chi connectivity index (χ3v) is 4.30. The number of rotatable bonds is 4. The first-order valence-electron chi connectivity index (χ1n) is 8.50. The van der Waals surface area contributed by atoms with Crippen LogP contribution in [0.4, 0.5) is 5.82 Å². The maximum absolute atomic E-state index is 12.4. The van der Waals surface area contributed by atoms with Crippen molar-refractivity contribution >= 4 is 11.7 Å². The van der Waals surface area contributed by atoms with Crippen molar-refractivity contribution in [2.75, 3.05) is 46.2 Å². The molecule has 0 unspecified atom stereocenters. The summed E-state index contributed by atoms with van der Waals surface area (Å²) in [5.41, 5.74) is 3.10. The molecule has 1 aromatic heterocycles. The van der Waals surface area contributed by atoms with Crippen LogP contribution in [-0.2, 0) is 17.8 Å². The van der Waals surface area contributed by atoms with E-state index < -0.39 is 0 Å². The lowest BCUT2D eigenvalue weighted by Gasteiger charge is -2.31. The maximum Gasteiger partial charge on any atom is 0.237 e. The molecule has 0 saturated carbocycles. The first kappa shape index (κ1) is 17.4. The third kappa shape index (κ3) is 3.79. The Morgan fingerprint density at radius 3 is 2.48 bits per heavy atom. The fraction of sp³-hybridized carbons (Fsp3) is 0.421. The van der Waals surface area contributed by atoms with E-state index in [1.165, 1.54) is 0 Å². The van der Waals surface area contributed by atoms with Gasteiger partial charge in [0.25, 0.3) is 0 Å². The van der Waals surface area contributed by atoms with Crippen LogP contribution in [0.15, 0.2) is 30.3 Å². The Morgan fingerprint density at radius 1 is 1.12 bits per heavy atom. The van der Waals surface area contributed by atoms with E-state index in [0.29, 0.717) is 25.5 Å². The number of amides is 1. The van der Waals surface area contributed by atoms with E-state index in [9.17, 15) is 4.79 Å². The van der Waals surface area contributed by atoms with Crippen LogP contribution in [0, 0.1) is 0 Å². The third-order valence-electron chi connectivity index (χ3n) is 4.30. The van der Waals surface area contributed by atoms with Gasteiger partial charge in [-0.25, -0.2) is 9.97 Å². The van der Waals surface area contributed by atoms with Crippen molar-refractivity contribution in [3.63, 3.8) is 0 Å². The summed E-state index contributed by atoms with van der Waals surface area (Å²) in [5.74, 6) is 1.80. The smallest absolute Gasteiger partial charge is 0.237 e. The standard InChI is InChI=1S/C19H25N5O/c1-22(2)13-17(25)24-11-10-15-16(12-24)20-18(21-19(15)23(3)4)14-8-6-5-7-9-14/h5-9H,10-13H2,1-4H3. The molecule has 0 N–H and O–H groups in total. The van der Waals surface area contributed by atoms with E-state index in [4.69, 9.17) is 9.97 Å². The van der Waals surface area contributed by atoms with Crippen LogP contribution in [0.1, 0.15) is 11.3 Å². The van der Waals surface area contributed by atoms with E-state index >= 15 is 0 Å². The molecule has 6 heteroatoms. The number of carbonyl (C=O) groups is 1. The Morgan fingerprint density at radius 2 is 1.84 bits per heavy atom. The summed E-state index contributed by atoms with van der Waals surface area (Å²) >= 11 is 0. The monoisotopic (exact) mass is 339 g/mol. The number of benzene rings is 1. The first-order chi connectivity index (χ1) is 12.0. The summed E-state index contributed by atoms with van der Waals surface area (Å²) in [4.78, 5) is 27.8. The maximum atomic E-state index is 12.4. The van der Waals surface area contributed by atoms with Crippen molar-refractivity contribution < 1.29 is 4.79 Å². The molecule has 25 heavy (non-hydrogen) atoms. The highest BCUT2D eigenvalue weighted by Crippen LogP contribution is 2.28. The number of nitrogens with zero attached hydrogens (tertiary/aromatic N) is 5. The van der Waals surface area contributed by atoms with Crippen LogP contribution >= 0.6 is 0 Å². The van der Waals surface area contributed by atoms with E-state index in [1.54, 1.807) is 0 Å². The summed E-state index contributed by atoms with van der Waals surface area (Å²) in [6, 6.07) is 9.98. The number of anilines is 1. The quantitative estimate of drug-likeness (QED) is 0.848. The van der Waals surface area contributed by atoms with E-state index in [-0.39, 0.29) is 5.91 Å². The Kier molecular flexibility index (Phi) is 4.99. The minimum atomic E-state index is 0.141. The minimum Gasteiger partial charge on any atom is -0.362 e. The second-order valence-corrected chi connectivity index (χ2v) is 6.86. The average molecular weight is 339 g/mol. The summed E-state index contributed by atoms with van der Waals surface area (Å²) in [6.07, 6.45) is 0.789. The van der Waals surface area contributed by atoms with Crippen LogP contribution in [-0.4, -0.2) is 67.0 Å². The Balaban J connectivity index is 1.97. The van der Waals surface area contributed by atoms with Gasteiger partial charge in [0.2, 0.25) is 5.91 Å². The van der Waals surface area contributed by atoms with E-state index in [2.05, 4.69) is 0 Å². The predicted octanol–water partition coefficient (Wildman–Crippen LogP) is 1.66. The largest absolute Gasteiger partial charge is 0.362 e. The van der Waals surface area contributed by atoms with Gasteiger partial charge in [-0.2, -0.15) is 0 Å². The molecule has 0 radical (unpaired) electrons. The van der Waals surface area contributed by atoms with Crippen molar-refractivity contribution in [3.05, 3.63) is 41.6 Å². The molecule has 132 valence electrons. The Hall–Kier alpha value is -2.47. The zero-order valence-electron chi connectivity index (χ0n) is 15.4. The number of hydrogen-bond acceptors (Lipinski definition) is 5. The lowest BCUT2D eigenvalue weighted by atomic mass is 10.0. The summed E-state index contributed by atoms with van der Waals surface area (Å²) in [6.45, 7) is 1.69. The molecule has 0 spiro atoms. The van der Waals surface area contributed by atoms with Gasteiger partial charge in [0.05, 0.1) is 18.8 Å². The zero-order chi connectivity index (χ0) is 18.0. The Labute approximate surface area is 149 Å². The number of likely N-dealkylation sites (N-methyl/N-ethyl adjacent to an activating group) is 1. The SMILES string of the molecule is CN(C)CC(=O)N1CCc2c(nc(-c3ccccc3)nc2N(C)C)C1. The second-order valence-electron chi connectivity index (χ2n) is 6.86. The van der Waals surface area contributed by atoms with Gasteiger partial charge >= 0.3 is 0 Å². The zero-order valence-corrected chi connectivity index (χ0v) is 15.4. The van der Waals surface area contributed by atoms with Crippen molar-refractivity contribution in [1.29, 1.82) is 0 Å². The molecule has 1 aliphatic heterocycles. The molecule has 0 bridgehead atoms. The highest BCUT2D eigenvalue weighted by Gasteiger charge is 2.26. The molecule has 2 heterocycles. The number of hydrogen-bond donors (Lipinski definition) is 0. The highest BCUT2D eigenvalue weighted by molar-refractivity contribution is 5.78. The van der Waals surface area contributed by atoms with Crippen LogP contribution < -0.4 is 4.90 Å². The van der Waals surface area contributed by atoms with Gasteiger partial charge in [-0.3, -0.25) is 4.79 Å². The van der Waals surface area contributed by atoms with Gasteiger partial charge < -0.3 is 14.7 Å². The van der Waals surface area contributed by atoms with Crippen LogP contribution in [0.3, 0.4) is 0 Å². The second kappa shape index (κ2) is 7.19. The Bertz CT molecular complexity index is 758. The summed E-state index contributed by atoms with van der Waals surface area (Å²) < 4.78 is 0. The van der Waals surface area contributed by atoms with Gasteiger partial charge in [-0.05, 0) is 20.5 Å². The molecule has 3 rings (SSSR count). The van der Waals surface area contributed by atoms with Crippen LogP contribution in [0.2, 0.25) is 0 Å². The van der Waals surface area contributed by atoms with Crippen molar-refractivity contribution in [3.8, 4) is 11.4 Å². The highest BCUT2D eigenvalue weighted by atomic mass is 16.2. The fourth-order valence-electron chi connectivity index (χ4n) is 3.08. The molecule has 6 nitrogen and oxygen atoms in total.